The molecule has 0 fully saturated rings. The molecule has 1 radical (unpaired) electrons. The highest BCUT2D eigenvalue weighted by Crippen LogP contribution is 2.12. The van der Waals surface area contributed by atoms with Crippen LogP contribution in [0.5, 0.6) is 0 Å². The van der Waals surface area contributed by atoms with Gasteiger partial charge in [-0.15, -0.1) is 0 Å². The second kappa shape index (κ2) is 12.0. The number of ether oxygens (including phenoxy) is 1. The van der Waals surface area contributed by atoms with Gasteiger partial charge in [-0.05, 0) is 12.8 Å². The zero-order valence-electron chi connectivity index (χ0n) is 10.8. The highest BCUT2D eigenvalue weighted by Gasteiger charge is 2.02. The average molecular weight is 213 g/mol. The molecule has 1 nitrogen and oxygen atoms in total. The second-order valence-electron chi connectivity index (χ2n) is 4.46. The third-order valence-electron chi connectivity index (χ3n) is 3.07. The van der Waals surface area contributed by atoms with E-state index < -0.39 is 0 Å². The van der Waals surface area contributed by atoms with E-state index in [4.69, 9.17) is 4.74 Å². The summed E-state index contributed by atoms with van der Waals surface area (Å²) in [4.78, 5) is 0. The van der Waals surface area contributed by atoms with Crippen LogP contribution in [0.15, 0.2) is 0 Å². The molecule has 1 unspecified atom stereocenters. The minimum absolute atomic E-state index is 0.394. The van der Waals surface area contributed by atoms with Gasteiger partial charge in [0.05, 0.1) is 13.2 Å². The van der Waals surface area contributed by atoms with Crippen molar-refractivity contribution in [2.24, 2.45) is 0 Å². The van der Waals surface area contributed by atoms with Crippen molar-refractivity contribution in [3.63, 3.8) is 0 Å². The summed E-state index contributed by atoms with van der Waals surface area (Å²) in [5, 5.41) is 0. The molecule has 0 amide bonds. The van der Waals surface area contributed by atoms with Crippen molar-refractivity contribution in [3.05, 3.63) is 7.11 Å². The molecule has 15 heavy (non-hydrogen) atoms. The van der Waals surface area contributed by atoms with Crippen LogP contribution in [-0.2, 0) is 4.74 Å². The first kappa shape index (κ1) is 15.0. The second-order valence-corrected chi connectivity index (χ2v) is 4.46. The van der Waals surface area contributed by atoms with Gasteiger partial charge in [0, 0.05) is 0 Å². The number of rotatable bonds is 11. The molecule has 0 rings (SSSR count). The zero-order valence-corrected chi connectivity index (χ0v) is 10.8. The number of hydrogen-bond acceptors (Lipinski definition) is 1. The molecule has 0 aliphatic rings. The molecule has 0 aliphatic heterocycles. The van der Waals surface area contributed by atoms with Crippen molar-refractivity contribution < 1.29 is 4.74 Å². The van der Waals surface area contributed by atoms with Gasteiger partial charge < -0.3 is 4.74 Å². The summed E-state index contributed by atoms with van der Waals surface area (Å²) in [6.07, 6.45) is 13.8. The van der Waals surface area contributed by atoms with E-state index in [2.05, 4.69) is 21.0 Å². The summed E-state index contributed by atoms with van der Waals surface area (Å²) in [5.74, 6) is 0. The lowest BCUT2D eigenvalue weighted by molar-refractivity contribution is 0.122. The molecule has 0 spiro atoms. The molecule has 1 atom stereocenters. The molecule has 91 valence electrons. The fraction of sp³-hybridized carbons (Fsp3) is 0.929. The SMILES string of the molecule is [CH2]OC(CC)CCCCCCCCCC. The van der Waals surface area contributed by atoms with Crippen LogP contribution < -0.4 is 0 Å². The smallest absolute Gasteiger partial charge is 0.0704 e. The van der Waals surface area contributed by atoms with E-state index in [-0.39, 0.29) is 0 Å². The molecule has 0 bridgehead atoms. The minimum Gasteiger partial charge on any atom is -0.376 e. The van der Waals surface area contributed by atoms with Crippen LogP contribution in [0.2, 0.25) is 0 Å². The predicted molar refractivity (Wildman–Crippen MR) is 67.7 cm³/mol. The third kappa shape index (κ3) is 10.2. The Kier molecular flexibility index (Phi) is 12.0. The Labute approximate surface area is 96.6 Å². The highest BCUT2D eigenvalue weighted by atomic mass is 16.5. The quantitative estimate of drug-likeness (QED) is 0.434. The monoisotopic (exact) mass is 213 g/mol. The third-order valence-corrected chi connectivity index (χ3v) is 3.07. The van der Waals surface area contributed by atoms with Crippen LogP contribution in [0.4, 0.5) is 0 Å². The lowest BCUT2D eigenvalue weighted by Crippen LogP contribution is -2.06. The van der Waals surface area contributed by atoms with Crippen LogP contribution in [-0.4, -0.2) is 6.10 Å². The fourth-order valence-corrected chi connectivity index (χ4v) is 1.91. The van der Waals surface area contributed by atoms with Crippen molar-refractivity contribution in [2.45, 2.75) is 84.2 Å². The summed E-state index contributed by atoms with van der Waals surface area (Å²) in [6.45, 7) is 4.43. The van der Waals surface area contributed by atoms with Gasteiger partial charge >= 0.3 is 0 Å². The first-order chi connectivity index (χ1) is 7.35. The van der Waals surface area contributed by atoms with Crippen molar-refractivity contribution in [1.29, 1.82) is 0 Å². The average Bonchev–Trinajstić information content (AvgIpc) is 2.27. The van der Waals surface area contributed by atoms with E-state index in [9.17, 15) is 0 Å². The van der Waals surface area contributed by atoms with E-state index in [1.807, 2.05) is 0 Å². The lowest BCUT2D eigenvalue weighted by atomic mass is 10.0. The Morgan fingerprint density at radius 3 is 1.87 bits per heavy atom. The highest BCUT2D eigenvalue weighted by molar-refractivity contribution is 4.56. The molecular weight excluding hydrogens is 184 g/mol. The molecule has 0 heterocycles. The predicted octanol–water partition coefficient (Wildman–Crippen LogP) is 5.10. The van der Waals surface area contributed by atoms with Crippen LogP contribution in [0, 0.1) is 7.11 Å². The molecule has 0 saturated heterocycles. The topological polar surface area (TPSA) is 9.23 Å². The Hall–Kier alpha value is -0.0400. The molecule has 0 aromatic heterocycles. The molecule has 0 aromatic rings. The van der Waals surface area contributed by atoms with Crippen molar-refractivity contribution in [2.75, 3.05) is 0 Å². The fourth-order valence-electron chi connectivity index (χ4n) is 1.91. The molecule has 0 saturated carbocycles. The normalized spacial score (nSPS) is 13.0. The zero-order chi connectivity index (χ0) is 11.4. The Morgan fingerprint density at radius 2 is 1.40 bits per heavy atom. The molecule has 0 aromatic carbocycles. The maximum Gasteiger partial charge on any atom is 0.0704 e. The summed E-state index contributed by atoms with van der Waals surface area (Å²) >= 11 is 0. The first-order valence-electron chi connectivity index (χ1n) is 6.76. The lowest BCUT2D eigenvalue weighted by Gasteiger charge is -2.11. The van der Waals surface area contributed by atoms with Gasteiger partial charge in [-0.25, -0.2) is 0 Å². The maximum absolute atomic E-state index is 5.11. The molecule has 1 heteroatoms. The van der Waals surface area contributed by atoms with Crippen LogP contribution in [0.1, 0.15) is 78.1 Å². The van der Waals surface area contributed by atoms with Gasteiger partial charge in [0.15, 0.2) is 0 Å². The number of hydrogen-bond donors (Lipinski definition) is 0. The Balaban J connectivity index is 3.04. The molecule has 0 aliphatic carbocycles. The van der Waals surface area contributed by atoms with Crippen LogP contribution in [0.3, 0.4) is 0 Å². The Morgan fingerprint density at radius 1 is 0.867 bits per heavy atom. The summed E-state index contributed by atoms with van der Waals surface area (Å²) in [5.41, 5.74) is 0. The molecular formula is C14H29O. The van der Waals surface area contributed by atoms with Crippen LogP contribution in [0.25, 0.3) is 0 Å². The summed E-state index contributed by atoms with van der Waals surface area (Å²) in [7, 11) is 3.51. The van der Waals surface area contributed by atoms with E-state index in [1.165, 1.54) is 57.8 Å². The largest absolute Gasteiger partial charge is 0.376 e. The summed E-state index contributed by atoms with van der Waals surface area (Å²) in [6, 6.07) is 0. The summed E-state index contributed by atoms with van der Waals surface area (Å²) < 4.78 is 5.11. The Bertz CT molecular complexity index is 108. The van der Waals surface area contributed by atoms with Gasteiger partial charge in [0.1, 0.15) is 0 Å². The van der Waals surface area contributed by atoms with E-state index in [1.54, 1.807) is 0 Å². The van der Waals surface area contributed by atoms with Crippen molar-refractivity contribution >= 4 is 0 Å². The van der Waals surface area contributed by atoms with E-state index in [0.717, 1.165) is 6.42 Å². The van der Waals surface area contributed by atoms with Gasteiger partial charge in [-0.2, -0.15) is 0 Å². The van der Waals surface area contributed by atoms with Crippen LogP contribution >= 0.6 is 0 Å². The number of unbranched alkanes of at least 4 members (excludes halogenated alkanes) is 7. The van der Waals surface area contributed by atoms with Crippen molar-refractivity contribution in [3.8, 4) is 0 Å². The minimum atomic E-state index is 0.394. The first-order valence-corrected chi connectivity index (χ1v) is 6.76. The van der Waals surface area contributed by atoms with Gasteiger partial charge in [0.2, 0.25) is 0 Å². The maximum atomic E-state index is 5.11. The molecule has 0 N–H and O–H groups in total. The van der Waals surface area contributed by atoms with E-state index >= 15 is 0 Å². The standard InChI is InChI=1S/C14H29O/c1-4-6-7-8-9-10-11-12-13-14(5-2)15-3/h14H,3-13H2,1-2H3. The van der Waals surface area contributed by atoms with Gasteiger partial charge in [-0.1, -0.05) is 65.2 Å². The van der Waals surface area contributed by atoms with Crippen molar-refractivity contribution in [1.82, 2.24) is 0 Å². The van der Waals surface area contributed by atoms with E-state index in [0.29, 0.717) is 6.10 Å². The van der Waals surface area contributed by atoms with Gasteiger partial charge in [-0.3, -0.25) is 0 Å². The van der Waals surface area contributed by atoms with Gasteiger partial charge in [0.25, 0.3) is 0 Å².